The van der Waals surface area contributed by atoms with Gasteiger partial charge in [-0.1, -0.05) is 22.9 Å². The summed E-state index contributed by atoms with van der Waals surface area (Å²) in [5.41, 5.74) is 1.97. The van der Waals surface area contributed by atoms with Gasteiger partial charge in [-0.05, 0) is 55.5 Å². The zero-order chi connectivity index (χ0) is 19.8. The molecule has 2 heterocycles. The number of benzene rings is 1. The Kier molecular flexibility index (Phi) is 5.79. The highest BCUT2D eigenvalue weighted by Crippen LogP contribution is 2.25. The van der Waals surface area contributed by atoms with Crippen LogP contribution < -0.4 is 5.32 Å². The van der Waals surface area contributed by atoms with Crippen LogP contribution in [0.3, 0.4) is 0 Å². The fraction of sp³-hybridized carbons (Fsp3) is 0.421. The van der Waals surface area contributed by atoms with Crippen LogP contribution in [0.15, 0.2) is 39.8 Å². The minimum Gasteiger partial charge on any atom is -0.345 e. The fourth-order valence-corrected chi connectivity index (χ4v) is 5.25. The highest BCUT2D eigenvalue weighted by Gasteiger charge is 2.30. The van der Waals surface area contributed by atoms with E-state index in [2.05, 4.69) is 28.2 Å². The van der Waals surface area contributed by atoms with E-state index in [9.17, 15) is 13.2 Å². The van der Waals surface area contributed by atoms with E-state index in [1.54, 1.807) is 17.7 Å². The highest BCUT2D eigenvalue weighted by molar-refractivity contribution is 9.10. The topological polar surface area (TPSA) is 71.4 Å². The summed E-state index contributed by atoms with van der Waals surface area (Å²) in [4.78, 5) is 12.8. The lowest BCUT2D eigenvalue weighted by Crippen LogP contribution is -2.38. The number of carbonyl (C=O) groups is 1. The normalized spacial score (nSPS) is 18.4. The first-order valence-corrected chi connectivity index (χ1v) is 11.2. The highest BCUT2D eigenvalue weighted by atomic mass is 79.9. The van der Waals surface area contributed by atoms with E-state index in [0.29, 0.717) is 30.4 Å². The second kappa shape index (κ2) is 7.77. The number of aromatic nitrogens is 1. The van der Waals surface area contributed by atoms with Crippen LogP contribution >= 0.6 is 15.9 Å². The van der Waals surface area contributed by atoms with Crippen LogP contribution in [-0.4, -0.2) is 36.3 Å². The lowest BCUT2D eigenvalue weighted by atomic mass is 10.0. The number of anilines is 1. The van der Waals surface area contributed by atoms with Crippen LogP contribution in [0.1, 0.15) is 35.8 Å². The Morgan fingerprint density at radius 3 is 2.70 bits per heavy atom. The Balaban J connectivity index is 1.83. The van der Waals surface area contributed by atoms with Gasteiger partial charge in [0.05, 0.1) is 0 Å². The van der Waals surface area contributed by atoms with Gasteiger partial charge in [0.15, 0.2) is 0 Å². The van der Waals surface area contributed by atoms with Gasteiger partial charge in [-0.3, -0.25) is 4.79 Å². The standard InChI is InChI=1S/C19H24BrN3O3S/c1-13-5-4-8-23(11-13)27(25,26)16-10-18(22(3)12-16)19(24)21-15-6-7-17(20)14(2)9-15/h6-7,9-10,12-13H,4-5,8,11H2,1-3H3,(H,21,24)/t13-/m0/s1. The zero-order valence-electron chi connectivity index (χ0n) is 15.7. The number of nitrogens with one attached hydrogen (secondary N) is 1. The number of amides is 1. The molecule has 0 bridgehead atoms. The Bertz CT molecular complexity index is 969. The number of nitrogens with zero attached hydrogens (tertiary/aromatic N) is 2. The summed E-state index contributed by atoms with van der Waals surface area (Å²) < 4.78 is 29.9. The first kappa shape index (κ1) is 20.1. The maximum absolute atomic E-state index is 12.9. The molecule has 0 saturated carbocycles. The third-order valence-electron chi connectivity index (χ3n) is 4.89. The largest absolute Gasteiger partial charge is 0.345 e. The van der Waals surface area contributed by atoms with Gasteiger partial charge in [0, 0.05) is 36.5 Å². The number of piperidine rings is 1. The number of hydrogen-bond donors (Lipinski definition) is 1. The SMILES string of the molecule is Cc1cc(NC(=O)c2cc(S(=O)(=O)N3CCC[C@H](C)C3)cn2C)ccc1Br. The molecule has 1 N–H and O–H groups in total. The molecule has 1 aliphatic rings. The molecule has 1 atom stereocenters. The summed E-state index contributed by atoms with van der Waals surface area (Å²) in [5, 5.41) is 2.83. The number of halogens is 1. The first-order chi connectivity index (χ1) is 12.7. The van der Waals surface area contributed by atoms with Gasteiger partial charge in [0.1, 0.15) is 10.6 Å². The third-order valence-corrected chi connectivity index (χ3v) is 7.61. The maximum atomic E-state index is 12.9. The Labute approximate surface area is 168 Å². The second-order valence-electron chi connectivity index (χ2n) is 7.20. The molecular weight excluding hydrogens is 430 g/mol. The molecule has 2 aromatic rings. The van der Waals surface area contributed by atoms with E-state index in [0.717, 1.165) is 22.9 Å². The van der Waals surface area contributed by atoms with Crippen LogP contribution in [0.2, 0.25) is 0 Å². The van der Waals surface area contributed by atoms with Crippen molar-refractivity contribution >= 4 is 37.5 Å². The van der Waals surface area contributed by atoms with Crippen molar-refractivity contribution in [3.63, 3.8) is 0 Å². The van der Waals surface area contributed by atoms with Crippen molar-refractivity contribution in [3.8, 4) is 0 Å². The molecule has 1 fully saturated rings. The summed E-state index contributed by atoms with van der Waals surface area (Å²) in [7, 11) is -1.91. The van der Waals surface area contributed by atoms with Crippen molar-refractivity contribution in [2.45, 2.75) is 31.6 Å². The first-order valence-electron chi connectivity index (χ1n) is 8.92. The number of hydrogen-bond acceptors (Lipinski definition) is 3. The summed E-state index contributed by atoms with van der Waals surface area (Å²) in [5.74, 6) is 0.00772. The van der Waals surface area contributed by atoms with Crippen LogP contribution in [0.25, 0.3) is 0 Å². The van der Waals surface area contributed by atoms with Crippen LogP contribution in [0.4, 0.5) is 5.69 Å². The summed E-state index contributed by atoms with van der Waals surface area (Å²) >= 11 is 3.43. The van der Waals surface area contributed by atoms with Crippen LogP contribution in [0.5, 0.6) is 0 Å². The van der Waals surface area contributed by atoms with E-state index in [4.69, 9.17) is 0 Å². The van der Waals surface area contributed by atoms with E-state index in [-0.39, 0.29) is 10.8 Å². The molecule has 8 heteroatoms. The fourth-order valence-electron chi connectivity index (χ4n) is 3.33. The Morgan fingerprint density at radius 1 is 1.30 bits per heavy atom. The average Bonchev–Trinajstić information content (AvgIpc) is 3.01. The molecule has 6 nitrogen and oxygen atoms in total. The molecule has 0 spiro atoms. The van der Waals surface area contributed by atoms with Crippen molar-refractivity contribution in [3.05, 3.63) is 46.2 Å². The minimum atomic E-state index is -3.59. The predicted molar refractivity (Wildman–Crippen MR) is 109 cm³/mol. The van der Waals surface area contributed by atoms with Gasteiger partial charge in [0.2, 0.25) is 10.0 Å². The van der Waals surface area contributed by atoms with E-state index < -0.39 is 10.0 Å². The van der Waals surface area contributed by atoms with Crippen molar-refractivity contribution in [1.29, 1.82) is 0 Å². The van der Waals surface area contributed by atoms with Crippen LogP contribution in [0, 0.1) is 12.8 Å². The molecule has 1 saturated heterocycles. The van der Waals surface area contributed by atoms with Crippen molar-refractivity contribution in [1.82, 2.24) is 8.87 Å². The smallest absolute Gasteiger partial charge is 0.272 e. The van der Waals surface area contributed by atoms with Crippen molar-refractivity contribution in [2.24, 2.45) is 13.0 Å². The van der Waals surface area contributed by atoms with E-state index in [1.165, 1.54) is 16.6 Å². The van der Waals surface area contributed by atoms with Gasteiger partial charge in [-0.2, -0.15) is 4.31 Å². The summed E-state index contributed by atoms with van der Waals surface area (Å²) in [6.07, 6.45) is 3.42. The molecule has 1 aromatic carbocycles. The lowest BCUT2D eigenvalue weighted by Gasteiger charge is -2.29. The van der Waals surface area contributed by atoms with Crippen molar-refractivity contribution < 1.29 is 13.2 Å². The molecule has 27 heavy (non-hydrogen) atoms. The summed E-state index contributed by atoms with van der Waals surface area (Å²) in [6.45, 7) is 5.05. The Morgan fingerprint density at radius 2 is 2.04 bits per heavy atom. The van der Waals surface area contributed by atoms with Gasteiger partial charge >= 0.3 is 0 Å². The molecule has 0 radical (unpaired) electrons. The van der Waals surface area contributed by atoms with Crippen LogP contribution in [-0.2, 0) is 17.1 Å². The monoisotopic (exact) mass is 453 g/mol. The summed E-state index contributed by atoms with van der Waals surface area (Å²) in [6, 6.07) is 6.97. The zero-order valence-corrected chi connectivity index (χ0v) is 18.1. The third kappa shape index (κ3) is 4.28. The molecule has 3 rings (SSSR count). The molecule has 1 aromatic heterocycles. The van der Waals surface area contributed by atoms with Gasteiger partial charge in [-0.25, -0.2) is 8.42 Å². The molecule has 0 unspecified atom stereocenters. The molecule has 1 aliphatic heterocycles. The molecule has 1 amide bonds. The Hall–Kier alpha value is -1.64. The van der Waals surface area contributed by atoms with Gasteiger partial charge < -0.3 is 9.88 Å². The van der Waals surface area contributed by atoms with Gasteiger partial charge in [0.25, 0.3) is 5.91 Å². The number of aryl methyl sites for hydroxylation is 2. The van der Waals surface area contributed by atoms with Gasteiger partial charge in [-0.15, -0.1) is 0 Å². The average molecular weight is 454 g/mol. The van der Waals surface area contributed by atoms with E-state index >= 15 is 0 Å². The molecular formula is C19H24BrN3O3S. The predicted octanol–water partition coefficient (Wildman–Crippen LogP) is 3.77. The molecule has 146 valence electrons. The van der Waals surface area contributed by atoms with Crippen molar-refractivity contribution in [2.75, 3.05) is 18.4 Å². The molecule has 0 aliphatic carbocycles. The second-order valence-corrected chi connectivity index (χ2v) is 9.99. The number of rotatable bonds is 4. The number of carbonyl (C=O) groups excluding carboxylic acids is 1. The van der Waals surface area contributed by atoms with E-state index in [1.807, 2.05) is 19.1 Å². The lowest BCUT2D eigenvalue weighted by molar-refractivity contribution is 0.101. The minimum absolute atomic E-state index is 0.163. The quantitative estimate of drug-likeness (QED) is 0.765. The number of sulfonamides is 1. The maximum Gasteiger partial charge on any atom is 0.272 e.